The van der Waals surface area contributed by atoms with Gasteiger partial charge in [0.25, 0.3) is 0 Å². The summed E-state index contributed by atoms with van der Waals surface area (Å²) in [5.41, 5.74) is 8.15. The molecule has 0 amide bonds. The first-order valence-corrected chi connectivity index (χ1v) is 6.86. The molecule has 5 heteroatoms. The Bertz CT molecular complexity index is 542. The fraction of sp³-hybridized carbons (Fsp3) is 0.308. The summed E-state index contributed by atoms with van der Waals surface area (Å²) in [6.45, 7) is 1.98. The molecule has 2 aromatic rings. The van der Waals surface area contributed by atoms with Crippen LogP contribution < -0.4 is 10.5 Å². The number of nitrogens with two attached hydrogens (primary N) is 1. The molecule has 0 aliphatic heterocycles. The van der Waals surface area contributed by atoms with Gasteiger partial charge in [0.15, 0.2) is 0 Å². The van der Waals surface area contributed by atoms with Crippen LogP contribution in [0.25, 0.3) is 0 Å². The average molecular weight is 283 g/mol. The minimum atomic E-state index is -0.163. The number of methoxy groups -OCH3 is 1. The minimum Gasteiger partial charge on any atom is -0.496 e. The van der Waals surface area contributed by atoms with Crippen molar-refractivity contribution in [3.63, 3.8) is 0 Å². The van der Waals surface area contributed by atoms with Crippen LogP contribution in [0.4, 0.5) is 0 Å². The van der Waals surface area contributed by atoms with E-state index in [1.807, 2.05) is 24.4 Å². The highest BCUT2D eigenvalue weighted by Gasteiger charge is 2.14. The maximum atomic E-state index is 6.21. The van der Waals surface area contributed by atoms with Crippen molar-refractivity contribution in [3.05, 3.63) is 44.9 Å². The van der Waals surface area contributed by atoms with Gasteiger partial charge in [-0.3, -0.25) is 0 Å². The van der Waals surface area contributed by atoms with Crippen LogP contribution >= 0.6 is 22.9 Å². The summed E-state index contributed by atoms with van der Waals surface area (Å²) in [6, 6.07) is 5.32. The van der Waals surface area contributed by atoms with Gasteiger partial charge in [-0.2, -0.15) is 0 Å². The van der Waals surface area contributed by atoms with Crippen molar-refractivity contribution >= 4 is 22.9 Å². The summed E-state index contributed by atoms with van der Waals surface area (Å²) >= 11 is 7.63. The van der Waals surface area contributed by atoms with Crippen LogP contribution in [0.15, 0.2) is 23.6 Å². The van der Waals surface area contributed by atoms with Crippen molar-refractivity contribution in [1.29, 1.82) is 0 Å². The number of rotatable bonds is 4. The molecule has 0 saturated heterocycles. The number of nitrogens with zero attached hydrogens (tertiary/aromatic N) is 1. The lowest BCUT2D eigenvalue weighted by Crippen LogP contribution is -2.14. The third-order valence-electron chi connectivity index (χ3n) is 2.65. The zero-order chi connectivity index (χ0) is 13.1. The van der Waals surface area contributed by atoms with Crippen molar-refractivity contribution in [2.24, 2.45) is 5.73 Å². The van der Waals surface area contributed by atoms with Gasteiger partial charge in [0.2, 0.25) is 0 Å². The first-order chi connectivity index (χ1) is 8.60. The summed E-state index contributed by atoms with van der Waals surface area (Å²) in [6.07, 6.45) is 0.690. The summed E-state index contributed by atoms with van der Waals surface area (Å²) in [7, 11) is 1.63. The van der Waals surface area contributed by atoms with Gasteiger partial charge in [0.1, 0.15) is 5.75 Å². The van der Waals surface area contributed by atoms with E-state index in [0.717, 1.165) is 22.0 Å². The Labute approximate surface area is 116 Å². The molecular formula is C13H15ClN2OS. The smallest absolute Gasteiger partial charge is 0.123 e. The Morgan fingerprint density at radius 1 is 1.50 bits per heavy atom. The van der Waals surface area contributed by atoms with Gasteiger partial charge in [-0.25, -0.2) is 4.98 Å². The monoisotopic (exact) mass is 282 g/mol. The van der Waals surface area contributed by atoms with Crippen LogP contribution in [0.1, 0.15) is 22.3 Å². The Morgan fingerprint density at radius 2 is 2.28 bits per heavy atom. The fourth-order valence-electron chi connectivity index (χ4n) is 1.79. The highest BCUT2D eigenvalue weighted by molar-refractivity contribution is 7.09. The van der Waals surface area contributed by atoms with Gasteiger partial charge in [0.05, 0.1) is 12.1 Å². The Kier molecular flexibility index (Phi) is 4.22. The molecule has 0 fully saturated rings. The molecule has 1 unspecified atom stereocenters. The van der Waals surface area contributed by atoms with Gasteiger partial charge in [-0.05, 0) is 25.1 Å². The van der Waals surface area contributed by atoms with Crippen LogP contribution in [0.2, 0.25) is 5.02 Å². The van der Waals surface area contributed by atoms with E-state index in [1.165, 1.54) is 0 Å². The second-order valence-corrected chi connectivity index (χ2v) is 5.46. The van der Waals surface area contributed by atoms with Crippen molar-refractivity contribution < 1.29 is 4.74 Å². The molecule has 0 saturated carbocycles. The maximum Gasteiger partial charge on any atom is 0.123 e. The number of aryl methyl sites for hydroxylation is 1. The molecule has 2 rings (SSSR count). The summed E-state index contributed by atoms with van der Waals surface area (Å²) in [5, 5.41) is 3.72. The quantitative estimate of drug-likeness (QED) is 0.935. The van der Waals surface area contributed by atoms with E-state index in [-0.39, 0.29) is 6.04 Å². The molecule has 0 aliphatic carbocycles. The number of halogens is 1. The van der Waals surface area contributed by atoms with Crippen LogP contribution in [-0.4, -0.2) is 12.1 Å². The maximum absolute atomic E-state index is 6.21. The van der Waals surface area contributed by atoms with Crippen LogP contribution in [0.3, 0.4) is 0 Å². The van der Waals surface area contributed by atoms with E-state index in [4.69, 9.17) is 22.1 Å². The number of hydrogen-bond acceptors (Lipinski definition) is 4. The first-order valence-electron chi connectivity index (χ1n) is 5.60. The normalized spacial score (nSPS) is 12.4. The Morgan fingerprint density at radius 3 is 2.89 bits per heavy atom. The molecule has 0 radical (unpaired) electrons. The van der Waals surface area contributed by atoms with Crippen molar-refractivity contribution in [1.82, 2.24) is 4.98 Å². The molecule has 18 heavy (non-hydrogen) atoms. The standard InChI is InChI=1S/C13H15ClN2OS/c1-8-7-18-13(16-8)6-11(15)10-5-9(14)3-4-12(10)17-2/h3-5,7,11H,6,15H2,1-2H3. The number of hydrogen-bond donors (Lipinski definition) is 1. The number of benzene rings is 1. The second-order valence-electron chi connectivity index (χ2n) is 4.08. The predicted octanol–water partition coefficient (Wildman–Crippen LogP) is 3.36. The third-order valence-corrected chi connectivity index (χ3v) is 3.88. The highest BCUT2D eigenvalue weighted by Crippen LogP contribution is 2.29. The molecule has 3 nitrogen and oxygen atoms in total. The molecule has 1 aromatic carbocycles. The fourth-order valence-corrected chi connectivity index (χ4v) is 2.80. The number of thiazole rings is 1. The minimum absolute atomic E-state index is 0.163. The third kappa shape index (κ3) is 3.02. The van der Waals surface area contributed by atoms with Gasteiger partial charge in [-0.1, -0.05) is 11.6 Å². The zero-order valence-electron chi connectivity index (χ0n) is 10.3. The molecule has 0 spiro atoms. The molecule has 0 aliphatic rings. The van der Waals surface area contributed by atoms with E-state index < -0.39 is 0 Å². The molecule has 1 heterocycles. The molecule has 2 N–H and O–H groups in total. The van der Waals surface area contributed by atoms with E-state index in [9.17, 15) is 0 Å². The lowest BCUT2D eigenvalue weighted by molar-refractivity contribution is 0.405. The Balaban J connectivity index is 2.22. The first kappa shape index (κ1) is 13.3. The van der Waals surface area contributed by atoms with Crippen LogP contribution in [0.5, 0.6) is 5.75 Å². The summed E-state index contributed by atoms with van der Waals surface area (Å²) in [5.74, 6) is 0.764. The SMILES string of the molecule is COc1ccc(Cl)cc1C(N)Cc1nc(C)cs1. The highest BCUT2D eigenvalue weighted by atomic mass is 35.5. The van der Waals surface area contributed by atoms with Crippen molar-refractivity contribution in [2.45, 2.75) is 19.4 Å². The Hall–Kier alpha value is -1.10. The zero-order valence-corrected chi connectivity index (χ0v) is 11.9. The molecule has 1 atom stereocenters. The number of aromatic nitrogens is 1. The summed E-state index contributed by atoms with van der Waals surface area (Å²) < 4.78 is 5.31. The lowest BCUT2D eigenvalue weighted by atomic mass is 10.0. The lowest BCUT2D eigenvalue weighted by Gasteiger charge is -2.15. The van der Waals surface area contributed by atoms with E-state index in [1.54, 1.807) is 24.5 Å². The molecular weight excluding hydrogens is 268 g/mol. The van der Waals surface area contributed by atoms with Gasteiger partial charge in [-0.15, -0.1) is 11.3 Å². The van der Waals surface area contributed by atoms with Gasteiger partial charge < -0.3 is 10.5 Å². The molecule has 1 aromatic heterocycles. The van der Waals surface area contributed by atoms with Crippen molar-refractivity contribution in [3.8, 4) is 5.75 Å². The molecule has 96 valence electrons. The largest absolute Gasteiger partial charge is 0.496 e. The predicted molar refractivity (Wildman–Crippen MR) is 75.5 cm³/mol. The van der Waals surface area contributed by atoms with Gasteiger partial charge >= 0.3 is 0 Å². The summed E-state index contributed by atoms with van der Waals surface area (Å²) in [4.78, 5) is 4.42. The molecule has 0 bridgehead atoms. The van der Waals surface area contributed by atoms with Crippen LogP contribution in [-0.2, 0) is 6.42 Å². The average Bonchev–Trinajstić information content (AvgIpc) is 2.74. The second kappa shape index (κ2) is 5.69. The van der Waals surface area contributed by atoms with E-state index in [0.29, 0.717) is 11.4 Å². The van der Waals surface area contributed by atoms with Crippen LogP contribution in [0, 0.1) is 6.92 Å². The van der Waals surface area contributed by atoms with Crippen molar-refractivity contribution in [2.75, 3.05) is 7.11 Å². The van der Waals surface area contributed by atoms with Gasteiger partial charge in [0, 0.05) is 34.1 Å². The van der Waals surface area contributed by atoms with E-state index in [2.05, 4.69) is 4.98 Å². The van der Waals surface area contributed by atoms with E-state index >= 15 is 0 Å². The topological polar surface area (TPSA) is 48.1 Å². The number of ether oxygens (including phenoxy) is 1.